The van der Waals surface area contributed by atoms with E-state index in [2.05, 4.69) is 19.9 Å². The topological polar surface area (TPSA) is 101 Å². The summed E-state index contributed by atoms with van der Waals surface area (Å²) < 4.78 is 34.2. The molecule has 0 aliphatic heterocycles. The van der Waals surface area contributed by atoms with E-state index in [0.29, 0.717) is 34.0 Å². The molecule has 0 bridgehead atoms. The van der Waals surface area contributed by atoms with Crippen LogP contribution in [0.25, 0.3) is 33.7 Å². The molecule has 174 valence electrons. The fourth-order valence-electron chi connectivity index (χ4n) is 4.37. The number of aliphatic carboxylic acids is 1. The molecule has 1 fully saturated rings. The van der Waals surface area contributed by atoms with Crippen molar-refractivity contribution in [2.75, 3.05) is 0 Å². The Kier molecular flexibility index (Phi) is 5.91. The van der Waals surface area contributed by atoms with Gasteiger partial charge in [-0.2, -0.15) is 0 Å². The van der Waals surface area contributed by atoms with E-state index in [-0.39, 0.29) is 24.0 Å². The molecule has 0 spiro atoms. The first-order valence-electron chi connectivity index (χ1n) is 11.1. The number of carboxylic acid groups (broad SMARTS) is 1. The van der Waals surface area contributed by atoms with Crippen LogP contribution in [0.2, 0.25) is 0 Å². The van der Waals surface area contributed by atoms with Crippen molar-refractivity contribution in [1.82, 2.24) is 19.9 Å². The summed E-state index contributed by atoms with van der Waals surface area (Å²) in [4.78, 5) is 26.8. The van der Waals surface area contributed by atoms with Gasteiger partial charge < -0.3 is 14.8 Å². The van der Waals surface area contributed by atoms with E-state index in [1.807, 2.05) is 0 Å². The summed E-state index contributed by atoms with van der Waals surface area (Å²) in [6.07, 6.45) is 6.42. The van der Waals surface area contributed by atoms with E-state index in [1.54, 1.807) is 12.1 Å². The number of hydrogen-bond donors (Lipinski definition) is 2. The van der Waals surface area contributed by atoms with Crippen molar-refractivity contribution in [3.63, 3.8) is 0 Å². The van der Waals surface area contributed by atoms with Crippen molar-refractivity contribution in [3.8, 4) is 28.5 Å². The minimum absolute atomic E-state index is 0.0146. The molecule has 0 atom stereocenters. The predicted molar refractivity (Wildman–Crippen MR) is 121 cm³/mol. The summed E-state index contributed by atoms with van der Waals surface area (Å²) in [6, 6.07) is 8.85. The van der Waals surface area contributed by atoms with Crippen LogP contribution < -0.4 is 4.74 Å². The number of benzene rings is 2. The molecule has 0 saturated heterocycles. The van der Waals surface area contributed by atoms with Crippen LogP contribution in [0.5, 0.6) is 5.88 Å². The minimum Gasteiger partial charge on any atom is -0.481 e. The third kappa shape index (κ3) is 4.73. The number of ether oxygens (including phenoxy) is 1. The highest BCUT2D eigenvalue weighted by molar-refractivity contribution is 5.80. The second kappa shape index (κ2) is 9.17. The maximum Gasteiger partial charge on any atom is 0.303 e. The van der Waals surface area contributed by atoms with E-state index >= 15 is 0 Å². The van der Waals surface area contributed by atoms with Gasteiger partial charge in [0, 0.05) is 12.0 Å². The Hall–Kier alpha value is -3.88. The third-order valence-corrected chi connectivity index (χ3v) is 6.14. The molecule has 2 aromatic heterocycles. The van der Waals surface area contributed by atoms with Crippen LogP contribution in [0.3, 0.4) is 0 Å². The first-order chi connectivity index (χ1) is 16.4. The number of aromatic amines is 1. The average Bonchev–Trinajstić information content (AvgIpc) is 3.23. The van der Waals surface area contributed by atoms with Crippen LogP contribution in [-0.4, -0.2) is 37.1 Å². The molecule has 9 heteroatoms. The van der Waals surface area contributed by atoms with Crippen molar-refractivity contribution in [1.29, 1.82) is 0 Å². The maximum atomic E-state index is 14.9. The second-order valence-electron chi connectivity index (χ2n) is 8.54. The number of nitrogens with zero attached hydrogens (tertiary/aromatic N) is 3. The van der Waals surface area contributed by atoms with Crippen LogP contribution in [0.1, 0.15) is 32.1 Å². The van der Waals surface area contributed by atoms with Gasteiger partial charge in [-0.25, -0.2) is 23.7 Å². The molecule has 34 heavy (non-hydrogen) atoms. The summed E-state index contributed by atoms with van der Waals surface area (Å²) in [5.74, 6) is -0.741. The van der Waals surface area contributed by atoms with Gasteiger partial charge in [0.2, 0.25) is 5.88 Å². The number of fused-ring (bicyclic) bond motifs is 1. The monoisotopic (exact) mass is 464 g/mol. The van der Waals surface area contributed by atoms with Gasteiger partial charge in [0.15, 0.2) is 0 Å². The van der Waals surface area contributed by atoms with Crippen molar-refractivity contribution >= 4 is 17.0 Å². The van der Waals surface area contributed by atoms with Crippen LogP contribution in [0, 0.1) is 17.6 Å². The average molecular weight is 464 g/mol. The van der Waals surface area contributed by atoms with Gasteiger partial charge in [-0.05, 0) is 61.9 Å². The fourth-order valence-corrected chi connectivity index (χ4v) is 4.37. The van der Waals surface area contributed by atoms with E-state index in [1.165, 1.54) is 36.7 Å². The number of imidazole rings is 1. The second-order valence-corrected chi connectivity index (χ2v) is 8.54. The lowest BCUT2D eigenvalue weighted by Gasteiger charge is -2.27. The van der Waals surface area contributed by atoms with Gasteiger partial charge >= 0.3 is 5.97 Å². The van der Waals surface area contributed by atoms with Gasteiger partial charge in [-0.3, -0.25) is 4.79 Å². The molecule has 0 amide bonds. The van der Waals surface area contributed by atoms with Gasteiger partial charge in [0.25, 0.3) is 0 Å². The lowest BCUT2D eigenvalue weighted by Crippen LogP contribution is -2.25. The summed E-state index contributed by atoms with van der Waals surface area (Å²) in [6.45, 7) is 0. The lowest BCUT2D eigenvalue weighted by molar-refractivity contribution is -0.138. The number of nitrogens with one attached hydrogen (secondary N) is 1. The molecule has 0 unspecified atom stereocenters. The lowest BCUT2D eigenvalue weighted by atomic mass is 9.85. The molecule has 4 aromatic rings. The van der Waals surface area contributed by atoms with Gasteiger partial charge in [-0.1, -0.05) is 6.07 Å². The van der Waals surface area contributed by atoms with Crippen molar-refractivity contribution < 1.29 is 23.4 Å². The van der Waals surface area contributed by atoms with Gasteiger partial charge in [0.1, 0.15) is 23.6 Å². The standard InChI is InChI=1S/C25H22F2N4O3/c26-16-4-8-20-21(11-16)31-25(30-20)18-7-3-15(10-19(18)27)22-12-29-23(13-28-22)34-17-5-1-14(2-6-17)9-24(32)33/h3-4,7-8,10-14,17H,1-2,5-6,9H2,(H,30,31)(H,32,33). The van der Waals surface area contributed by atoms with Gasteiger partial charge in [-0.15, -0.1) is 0 Å². The predicted octanol–water partition coefficient (Wildman–Crippen LogP) is 5.38. The molecular formula is C25H22F2N4O3. The van der Waals surface area contributed by atoms with Crippen LogP contribution in [-0.2, 0) is 4.79 Å². The Labute approximate surface area is 193 Å². The number of carbonyl (C=O) groups is 1. The molecule has 5 rings (SSSR count). The van der Waals surface area contributed by atoms with E-state index in [4.69, 9.17) is 9.84 Å². The van der Waals surface area contributed by atoms with Crippen molar-refractivity contribution in [2.24, 2.45) is 5.92 Å². The molecule has 1 saturated carbocycles. The summed E-state index contributed by atoms with van der Waals surface area (Å²) >= 11 is 0. The minimum atomic E-state index is -0.761. The van der Waals surface area contributed by atoms with Crippen LogP contribution in [0.15, 0.2) is 48.8 Å². The van der Waals surface area contributed by atoms with Crippen molar-refractivity contribution in [2.45, 2.75) is 38.2 Å². The smallest absolute Gasteiger partial charge is 0.303 e. The number of aromatic nitrogens is 4. The molecule has 2 heterocycles. The highest BCUT2D eigenvalue weighted by Gasteiger charge is 2.24. The Morgan fingerprint density at radius 2 is 1.88 bits per heavy atom. The normalized spacial score (nSPS) is 18.2. The number of carboxylic acids is 1. The number of hydrogen-bond acceptors (Lipinski definition) is 5. The first-order valence-corrected chi connectivity index (χ1v) is 11.1. The maximum absolute atomic E-state index is 14.9. The van der Waals surface area contributed by atoms with Crippen LogP contribution >= 0.6 is 0 Å². The zero-order valence-electron chi connectivity index (χ0n) is 18.2. The summed E-state index contributed by atoms with van der Waals surface area (Å²) in [5, 5.41) is 8.93. The van der Waals surface area contributed by atoms with E-state index in [0.717, 1.165) is 25.7 Å². The summed E-state index contributed by atoms with van der Waals surface area (Å²) in [5.41, 5.74) is 2.37. The number of H-pyrrole nitrogens is 1. The summed E-state index contributed by atoms with van der Waals surface area (Å²) in [7, 11) is 0. The van der Waals surface area contributed by atoms with Crippen LogP contribution in [0.4, 0.5) is 8.78 Å². The Balaban J connectivity index is 1.26. The number of halogens is 2. The Bertz CT molecular complexity index is 1330. The largest absolute Gasteiger partial charge is 0.481 e. The Morgan fingerprint density at radius 3 is 2.59 bits per heavy atom. The molecule has 1 aliphatic carbocycles. The first kappa shape index (κ1) is 21.9. The van der Waals surface area contributed by atoms with Crippen molar-refractivity contribution in [3.05, 3.63) is 60.4 Å². The Morgan fingerprint density at radius 1 is 1.06 bits per heavy atom. The van der Waals surface area contributed by atoms with E-state index in [9.17, 15) is 13.6 Å². The van der Waals surface area contributed by atoms with E-state index < -0.39 is 17.6 Å². The molecule has 2 aromatic carbocycles. The highest BCUT2D eigenvalue weighted by Crippen LogP contribution is 2.30. The highest BCUT2D eigenvalue weighted by atomic mass is 19.1. The molecule has 1 aliphatic rings. The SMILES string of the molecule is O=C(O)CC1CCC(Oc2cnc(-c3ccc(-c4nc5ccc(F)cc5[nH]4)c(F)c3)cn2)CC1. The molecule has 2 N–H and O–H groups in total. The zero-order chi connectivity index (χ0) is 23.7. The quantitative estimate of drug-likeness (QED) is 0.397. The fraction of sp³-hybridized carbons (Fsp3) is 0.280. The third-order valence-electron chi connectivity index (χ3n) is 6.14. The zero-order valence-corrected chi connectivity index (χ0v) is 18.2. The van der Waals surface area contributed by atoms with Gasteiger partial charge in [0.05, 0.1) is 34.7 Å². The molecule has 0 radical (unpaired) electrons. The molecular weight excluding hydrogens is 442 g/mol. The number of rotatable bonds is 6. The molecule has 7 nitrogen and oxygen atoms in total.